The molecule has 0 bridgehead atoms. The zero-order valence-corrected chi connectivity index (χ0v) is 8.25. The molecule has 1 amide bonds. The van der Waals surface area contributed by atoms with E-state index < -0.39 is 5.91 Å². The number of rotatable bonds is 2. The molecule has 0 aliphatic carbocycles. The Morgan fingerprint density at radius 2 is 2.36 bits per heavy atom. The van der Waals surface area contributed by atoms with Crippen LogP contribution in [0.25, 0.3) is 0 Å². The van der Waals surface area contributed by atoms with Crippen molar-refractivity contribution in [2.45, 2.75) is 6.92 Å². The molecule has 1 rings (SSSR count). The lowest BCUT2D eigenvalue weighted by Crippen LogP contribution is -2.13. The number of carbonyl (C=O) groups excluding carboxylic acids is 1. The van der Waals surface area contributed by atoms with Crippen molar-refractivity contribution < 1.29 is 10.0 Å². The minimum atomic E-state index is -0.502. The second kappa shape index (κ2) is 4.62. The molecule has 0 saturated carbocycles. The van der Waals surface area contributed by atoms with E-state index in [1.807, 2.05) is 6.92 Å². The number of nitrogens with one attached hydrogen (secondary N) is 1. The van der Waals surface area contributed by atoms with E-state index in [4.69, 9.17) is 16.8 Å². The van der Waals surface area contributed by atoms with Gasteiger partial charge in [-0.25, -0.2) is 0 Å². The van der Waals surface area contributed by atoms with Gasteiger partial charge in [0.1, 0.15) is 6.21 Å². The van der Waals surface area contributed by atoms with Crippen molar-refractivity contribution in [3.8, 4) is 0 Å². The highest BCUT2D eigenvalue weighted by Crippen LogP contribution is 2.19. The maximum absolute atomic E-state index is 11.0. The summed E-state index contributed by atoms with van der Waals surface area (Å²) < 4.78 is 0. The second-order valence-corrected chi connectivity index (χ2v) is 3.13. The fourth-order valence-electron chi connectivity index (χ4n) is 0.946. The minimum Gasteiger partial charge on any atom is -0.411 e. The van der Waals surface area contributed by atoms with E-state index in [0.717, 1.165) is 11.8 Å². The third-order valence-corrected chi connectivity index (χ3v) is 1.87. The van der Waals surface area contributed by atoms with Gasteiger partial charge < -0.3 is 10.5 Å². The van der Waals surface area contributed by atoms with Crippen LogP contribution in [0.5, 0.6) is 0 Å². The quantitative estimate of drug-likeness (QED) is 0.448. The minimum absolute atomic E-state index is 0.502. The van der Waals surface area contributed by atoms with E-state index in [2.05, 4.69) is 10.5 Å². The molecule has 1 aromatic carbocycles. The van der Waals surface area contributed by atoms with Crippen molar-refractivity contribution in [2.24, 2.45) is 5.16 Å². The zero-order chi connectivity index (χ0) is 10.6. The Morgan fingerprint density at radius 3 is 3.00 bits per heavy atom. The van der Waals surface area contributed by atoms with Crippen molar-refractivity contribution in [3.63, 3.8) is 0 Å². The number of hydrogen-bond donors (Lipinski definition) is 2. The molecule has 0 aliphatic rings. The third-order valence-electron chi connectivity index (χ3n) is 1.63. The van der Waals surface area contributed by atoms with Crippen molar-refractivity contribution in [2.75, 3.05) is 5.32 Å². The second-order valence-electron chi connectivity index (χ2n) is 2.69. The van der Waals surface area contributed by atoms with Crippen LogP contribution in [0.15, 0.2) is 23.4 Å². The maximum Gasteiger partial charge on any atom is 0.270 e. The lowest BCUT2D eigenvalue weighted by Gasteiger charge is -2.05. The first-order valence-corrected chi connectivity index (χ1v) is 4.26. The Kier molecular flexibility index (Phi) is 3.48. The van der Waals surface area contributed by atoms with Crippen molar-refractivity contribution in [3.05, 3.63) is 28.8 Å². The van der Waals surface area contributed by atoms with E-state index >= 15 is 0 Å². The van der Waals surface area contributed by atoms with Crippen molar-refractivity contribution in [1.29, 1.82) is 0 Å². The van der Waals surface area contributed by atoms with Crippen LogP contribution in [0.2, 0.25) is 5.02 Å². The number of nitrogens with zero attached hydrogens (tertiary/aromatic N) is 1. The van der Waals surface area contributed by atoms with Crippen molar-refractivity contribution >= 4 is 29.4 Å². The Balaban J connectivity index is 2.85. The molecule has 0 aromatic heterocycles. The Morgan fingerprint density at radius 1 is 1.64 bits per heavy atom. The molecule has 2 N–H and O–H groups in total. The molecule has 0 fully saturated rings. The van der Waals surface area contributed by atoms with E-state index in [1.54, 1.807) is 18.2 Å². The fourth-order valence-corrected chi connectivity index (χ4v) is 1.12. The molecule has 0 saturated heterocycles. The van der Waals surface area contributed by atoms with Gasteiger partial charge in [-0.2, -0.15) is 0 Å². The van der Waals surface area contributed by atoms with Gasteiger partial charge in [-0.15, -0.1) is 0 Å². The molecule has 74 valence electrons. The molecular weight excluding hydrogens is 204 g/mol. The highest BCUT2D eigenvalue weighted by Gasteiger charge is 2.02. The first-order chi connectivity index (χ1) is 6.63. The highest BCUT2D eigenvalue weighted by molar-refractivity contribution is 6.33. The van der Waals surface area contributed by atoms with E-state index in [1.165, 1.54) is 0 Å². The summed E-state index contributed by atoms with van der Waals surface area (Å²) in [5.41, 5.74) is 1.48. The molecule has 0 heterocycles. The lowest BCUT2D eigenvalue weighted by atomic mass is 10.2. The van der Waals surface area contributed by atoms with Crippen LogP contribution in [0, 0.1) is 6.92 Å². The monoisotopic (exact) mass is 212 g/mol. The SMILES string of the molecule is Cc1ccc(Cl)cc1NC(=O)/C=N/O. The number of carbonyl (C=O) groups is 1. The fraction of sp³-hybridized carbons (Fsp3) is 0.111. The molecule has 1 aromatic rings. The summed E-state index contributed by atoms with van der Waals surface area (Å²) in [6.45, 7) is 1.84. The van der Waals surface area contributed by atoms with Gasteiger partial charge in [-0.05, 0) is 24.6 Å². The Labute approximate surface area is 86.2 Å². The van der Waals surface area contributed by atoms with Gasteiger partial charge in [0.15, 0.2) is 0 Å². The molecular formula is C9H9ClN2O2. The zero-order valence-electron chi connectivity index (χ0n) is 7.49. The number of aryl methyl sites for hydroxylation is 1. The molecule has 4 nitrogen and oxygen atoms in total. The predicted octanol–water partition coefficient (Wildman–Crippen LogP) is 2.05. The first-order valence-electron chi connectivity index (χ1n) is 3.88. The predicted molar refractivity (Wildman–Crippen MR) is 55.1 cm³/mol. The van der Waals surface area contributed by atoms with Crippen LogP contribution in [-0.2, 0) is 4.79 Å². The van der Waals surface area contributed by atoms with Crippen LogP contribution < -0.4 is 5.32 Å². The molecule has 5 heteroatoms. The average Bonchev–Trinajstić information content (AvgIpc) is 2.12. The van der Waals surface area contributed by atoms with Crippen LogP contribution in [0.4, 0.5) is 5.69 Å². The number of hydrogen-bond acceptors (Lipinski definition) is 3. The summed E-state index contributed by atoms with van der Waals surface area (Å²) in [6, 6.07) is 5.14. The summed E-state index contributed by atoms with van der Waals surface area (Å²) >= 11 is 5.74. The first kappa shape index (κ1) is 10.5. The number of amides is 1. The number of oxime groups is 1. The summed E-state index contributed by atoms with van der Waals surface area (Å²) in [5.74, 6) is -0.502. The van der Waals surface area contributed by atoms with Crippen LogP contribution in [0.1, 0.15) is 5.56 Å². The molecule has 0 radical (unpaired) electrons. The molecule has 0 spiro atoms. The van der Waals surface area contributed by atoms with Gasteiger partial charge in [-0.1, -0.05) is 22.8 Å². The van der Waals surface area contributed by atoms with E-state index in [-0.39, 0.29) is 0 Å². The van der Waals surface area contributed by atoms with Gasteiger partial charge in [0.25, 0.3) is 5.91 Å². The van der Waals surface area contributed by atoms with Gasteiger partial charge in [0, 0.05) is 10.7 Å². The molecule has 14 heavy (non-hydrogen) atoms. The molecule has 0 aliphatic heterocycles. The molecule has 0 atom stereocenters. The largest absolute Gasteiger partial charge is 0.411 e. The number of benzene rings is 1. The van der Waals surface area contributed by atoms with Gasteiger partial charge in [0.05, 0.1) is 0 Å². The summed E-state index contributed by atoms with van der Waals surface area (Å²) in [6.07, 6.45) is 0.778. The van der Waals surface area contributed by atoms with Crippen LogP contribution in [-0.4, -0.2) is 17.3 Å². The summed E-state index contributed by atoms with van der Waals surface area (Å²) in [5, 5.41) is 13.8. The topological polar surface area (TPSA) is 61.7 Å². The summed E-state index contributed by atoms with van der Waals surface area (Å²) in [7, 11) is 0. The average molecular weight is 213 g/mol. The van der Waals surface area contributed by atoms with Crippen LogP contribution in [0.3, 0.4) is 0 Å². The van der Waals surface area contributed by atoms with E-state index in [9.17, 15) is 4.79 Å². The van der Waals surface area contributed by atoms with Gasteiger partial charge >= 0.3 is 0 Å². The Hall–Kier alpha value is -1.55. The van der Waals surface area contributed by atoms with Gasteiger partial charge in [-0.3, -0.25) is 4.79 Å². The maximum atomic E-state index is 11.0. The molecule has 0 unspecified atom stereocenters. The Bertz CT molecular complexity index is 377. The normalized spacial score (nSPS) is 10.4. The van der Waals surface area contributed by atoms with E-state index in [0.29, 0.717) is 10.7 Å². The number of halogens is 1. The van der Waals surface area contributed by atoms with Crippen molar-refractivity contribution in [1.82, 2.24) is 0 Å². The number of anilines is 1. The van der Waals surface area contributed by atoms with Crippen LogP contribution >= 0.6 is 11.6 Å². The smallest absolute Gasteiger partial charge is 0.270 e. The standard InChI is InChI=1S/C9H9ClN2O2/c1-6-2-3-7(10)4-8(6)12-9(13)5-11-14/h2-5,14H,1H3,(H,12,13)/b11-5+. The summed E-state index contributed by atoms with van der Waals surface area (Å²) in [4.78, 5) is 11.0. The lowest BCUT2D eigenvalue weighted by molar-refractivity contribution is -0.110. The van der Waals surface area contributed by atoms with Gasteiger partial charge in [0.2, 0.25) is 0 Å². The highest BCUT2D eigenvalue weighted by atomic mass is 35.5. The third kappa shape index (κ3) is 2.74.